The van der Waals surface area contributed by atoms with Gasteiger partial charge in [-0.3, -0.25) is 0 Å². The molecule has 0 spiro atoms. The molecule has 2 rings (SSSR count). The molecule has 0 aromatic rings. The maximum Gasteiger partial charge on any atom is 0.379 e. The van der Waals surface area contributed by atoms with Crippen molar-refractivity contribution in [3.63, 3.8) is 0 Å². The summed E-state index contributed by atoms with van der Waals surface area (Å²) in [6, 6.07) is 0. The lowest BCUT2D eigenvalue weighted by atomic mass is 9.53. The lowest BCUT2D eigenvalue weighted by molar-refractivity contribution is -0.525. The van der Waals surface area contributed by atoms with Crippen molar-refractivity contribution in [1.82, 2.24) is 0 Å². The standard InChI is InChI=1S/C10H5F13O/c11-2-3(12)1-4(24)7(16,17)5(13,6(3,14)15)9(20,21)10(22,23)8(4,18)19/h24H,1-2H2. The summed E-state index contributed by atoms with van der Waals surface area (Å²) < 4.78 is 175. The van der Waals surface area contributed by atoms with E-state index in [0.717, 1.165) is 0 Å². The number of hydrogen-bond acceptors (Lipinski definition) is 1. The maximum atomic E-state index is 14.1. The van der Waals surface area contributed by atoms with Crippen LogP contribution in [0.15, 0.2) is 0 Å². The predicted molar refractivity (Wildman–Crippen MR) is 48.0 cm³/mol. The minimum absolute atomic E-state index is 3.29. The average molecular weight is 388 g/mol. The van der Waals surface area contributed by atoms with Crippen LogP contribution in [-0.2, 0) is 0 Å². The van der Waals surface area contributed by atoms with E-state index < -0.39 is 59.6 Å². The molecule has 2 saturated carbocycles. The maximum absolute atomic E-state index is 14.1. The molecule has 1 N–H and O–H groups in total. The fourth-order valence-electron chi connectivity index (χ4n) is 2.93. The van der Waals surface area contributed by atoms with E-state index in [4.69, 9.17) is 5.11 Å². The van der Waals surface area contributed by atoms with Gasteiger partial charge in [0, 0.05) is 6.42 Å². The van der Waals surface area contributed by atoms with Gasteiger partial charge in [-0.05, 0) is 0 Å². The van der Waals surface area contributed by atoms with Gasteiger partial charge in [0.15, 0.2) is 0 Å². The second-order valence-electron chi connectivity index (χ2n) is 5.67. The second kappa shape index (κ2) is 4.06. The zero-order valence-electron chi connectivity index (χ0n) is 10.8. The molecule has 2 bridgehead atoms. The van der Waals surface area contributed by atoms with E-state index >= 15 is 0 Å². The Morgan fingerprint density at radius 1 is 0.583 bits per heavy atom. The van der Waals surface area contributed by atoms with Crippen molar-refractivity contribution >= 4 is 0 Å². The van der Waals surface area contributed by atoms with Crippen molar-refractivity contribution in [2.75, 3.05) is 6.67 Å². The predicted octanol–water partition coefficient (Wildman–Crippen LogP) is 3.70. The van der Waals surface area contributed by atoms with E-state index in [1.165, 1.54) is 0 Å². The summed E-state index contributed by atoms with van der Waals surface area (Å²) in [6.07, 6.45) is -3.46. The van der Waals surface area contributed by atoms with Crippen LogP contribution in [0.4, 0.5) is 57.1 Å². The Morgan fingerprint density at radius 2 is 1.00 bits per heavy atom. The van der Waals surface area contributed by atoms with Crippen LogP contribution in [-0.4, -0.2) is 58.3 Å². The van der Waals surface area contributed by atoms with Gasteiger partial charge in [-0.1, -0.05) is 0 Å². The Labute approximate surface area is 123 Å². The molecule has 14 heteroatoms. The summed E-state index contributed by atoms with van der Waals surface area (Å²) in [6.45, 7) is -3.29. The molecule has 3 unspecified atom stereocenters. The summed E-state index contributed by atoms with van der Waals surface area (Å²) in [5.41, 5.74) is -18.9. The Kier molecular flexibility index (Phi) is 3.28. The van der Waals surface area contributed by atoms with Gasteiger partial charge < -0.3 is 5.11 Å². The summed E-state index contributed by atoms with van der Waals surface area (Å²) in [5.74, 6) is -35.7. The van der Waals surface area contributed by atoms with E-state index in [2.05, 4.69) is 0 Å². The summed E-state index contributed by atoms with van der Waals surface area (Å²) in [7, 11) is 0. The third-order valence-corrected chi connectivity index (χ3v) is 4.44. The molecule has 0 aliphatic heterocycles. The highest BCUT2D eigenvalue weighted by Gasteiger charge is 3.07. The molecular formula is C10H5F13O. The second-order valence-corrected chi connectivity index (χ2v) is 5.67. The van der Waals surface area contributed by atoms with Gasteiger partial charge in [0.05, 0.1) is 0 Å². The van der Waals surface area contributed by atoms with Crippen molar-refractivity contribution in [1.29, 1.82) is 0 Å². The van der Waals surface area contributed by atoms with Crippen LogP contribution >= 0.6 is 0 Å². The fourth-order valence-corrected chi connectivity index (χ4v) is 2.93. The molecule has 1 nitrogen and oxygen atoms in total. The third-order valence-electron chi connectivity index (χ3n) is 4.44. The van der Waals surface area contributed by atoms with Gasteiger partial charge in [0.1, 0.15) is 6.67 Å². The molecule has 2 fully saturated rings. The Balaban J connectivity index is 3.03. The molecular weight excluding hydrogens is 383 g/mol. The van der Waals surface area contributed by atoms with Gasteiger partial charge in [-0.2, -0.15) is 43.9 Å². The minimum atomic E-state index is -7.57. The first-order valence-corrected chi connectivity index (χ1v) is 5.82. The van der Waals surface area contributed by atoms with Crippen LogP contribution in [0.3, 0.4) is 0 Å². The van der Waals surface area contributed by atoms with Crippen LogP contribution in [0, 0.1) is 0 Å². The molecule has 3 atom stereocenters. The average Bonchev–Trinajstić information content (AvgIpc) is 2.42. The van der Waals surface area contributed by atoms with Crippen LogP contribution in [0.25, 0.3) is 0 Å². The van der Waals surface area contributed by atoms with Gasteiger partial charge in [0.25, 0.3) is 0 Å². The number of alkyl halides is 13. The molecule has 0 saturated heterocycles. The van der Waals surface area contributed by atoms with Gasteiger partial charge in [-0.15, -0.1) is 0 Å². The van der Waals surface area contributed by atoms with Crippen molar-refractivity contribution in [2.24, 2.45) is 0 Å². The van der Waals surface area contributed by atoms with Gasteiger partial charge in [-0.25, -0.2) is 13.2 Å². The Hall–Kier alpha value is -0.950. The Morgan fingerprint density at radius 3 is 1.38 bits per heavy atom. The molecule has 24 heavy (non-hydrogen) atoms. The van der Waals surface area contributed by atoms with Crippen molar-refractivity contribution in [3.05, 3.63) is 0 Å². The quantitative estimate of drug-likeness (QED) is 0.680. The smallest absolute Gasteiger partial charge is 0.378 e. The third kappa shape index (κ3) is 1.32. The van der Waals surface area contributed by atoms with E-state index in [1.54, 1.807) is 0 Å². The lowest BCUT2D eigenvalue weighted by Crippen LogP contribution is -2.94. The molecule has 2 aliphatic rings. The summed E-state index contributed by atoms with van der Waals surface area (Å²) in [5, 5.41) is 9.10. The largest absolute Gasteiger partial charge is 0.379 e. The van der Waals surface area contributed by atoms with Crippen LogP contribution < -0.4 is 0 Å². The monoisotopic (exact) mass is 388 g/mol. The zero-order chi connectivity index (χ0) is 19.4. The first-order chi connectivity index (χ1) is 10.3. The van der Waals surface area contributed by atoms with Gasteiger partial charge in [0.2, 0.25) is 11.3 Å². The summed E-state index contributed by atoms with van der Waals surface area (Å²) in [4.78, 5) is 0. The molecule has 142 valence electrons. The molecule has 2 aliphatic carbocycles. The normalized spacial score (nSPS) is 47.2. The number of halogens is 13. The Bertz CT molecular complexity index is 563. The molecule has 0 aromatic heterocycles. The van der Waals surface area contributed by atoms with E-state index in [0.29, 0.717) is 0 Å². The van der Waals surface area contributed by atoms with Crippen LogP contribution in [0.5, 0.6) is 0 Å². The first kappa shape index (κ1) is 19.4. The highest BCUT2D eigenvalue weighted by Crippen LogP contribution is 2.76. The highest BCUT2D eigenvalue weighted by molar-refractivity contribution is 5.38. The highest BCUT2D eigenvalue weighted by atomic mass is 19.4. The van der Waals surface area contributed by atoms with Crippen LogP contribution in [0.2, 0.25) is 0 Å². The number of hydrogen-bond donors (Lipinski definition) is 1. The fraction of sp³-hybridized carbons (Fsp3) is 1.00. The van der Waals surface area contributed by atoms with Crippen molar-refractivity contribution < 1.29 is 62.2 Å². The van der Waals surface area contributed by atoms with E-state index in [-0.39, 0.29) is 0 Å². The van der Waals surface area contributed by atoms with Crippen molar-refractivity contribution in [3.8, 4) is 0 Å². The number of aliphatic hydroxyl groups is 1. The van der Waals surface area contributed by atoms with Gasteiger partial charge >= 0.3 is 35.3 Å². The van der Waals surface area contributed by atoms with Crippen LogP contribution in [0.1, 0.15) is 6.42 Å². The topological polar surface area (TPSA) is 20.2 Å². The number of rotatable bonds is 1. The number of fused-ring (bicyclic) bond motifs is 2. The van der Waals surface area contributed by atoms with Crippen molar-refractivity contribution in [2.45, 2.75) is 53.0 Å². The molecule has 0 heterocycles. The van der Waals surface area contributed by atoms with E-state index in [9.17, 15) is 57.1 Å². The van der Waals surface area contributed by atoms with E-state index in [1.807, 2.05) is 0 Å². The molecule has 0 amide bonds. The lowest BCUT2D eigenvalue weighted by Gasteiger charge is -2.63. The first-order valence-electron chi connectivity index (χ1n) is 5.82. The minimum Gasteiger partial charge on any atom is -0.378 e. The summed E-state index contributed by atoms with van der Waals surface area (Å²) >= 11 is 0. The zero-order valence-corrected chi connectivity index (χ0v) is 10.8. The molecule has 0 aromatic carbocycles. The SMILES string of the molecule is OC12CC(F)(CF)C(F)(F)C(F)(C(F)(F)C(F)(F)C1(F)F)C2(F)F. The molecule has 0 radical (unpaired) electrons.